The molecular weight excluding hydrogens is 524 g/mol. The third kappa shape index (κ3) is 8.77. The molecule has 8 heteroatoms. The van der Waals surface area contributed by atoms with Crippen LogP contribution in [0.2, 0.25) is 0 Å². The molecule has 1 saturated heterocycles. The van der Waals surface area contributed by atoms with Crippen LogP contribution in [0, 0.1) is 11.8 Å². The lowest BCUT2D eigenvalue weighted by Gasteiger charge is -2.26. The van der Waals surface area contributed by atoms with E-state index in [4.69, 9.17) is 9.97 Å². The molecule has 3 aromatic rings. The Kier molecular flexibility index (Phi) is 11.0. The quantitative estimate of drug-likeness (QED) is 0.219. The van der Waals surface area contributed by atoms with Gasteiger partial charge in [-0.05, 0) is 107 Å². The van der Waals surface area contributed by atoms with E-state index < -0.39 is 5.60 Å². The van der Waals surface area contributed by atoms with Gasteiger partial charge in [0.1, 0.15) is 11.2 Å². The van der Waals surface area contributed by atoms with Gasteiger partial charge in [0.05, 0.1) is 5.60 Å². The molecule has 1 aliphatic heterocycles. The summed E-state index contributed by atoms with van der Waals surface area (Å²) in [6, 6.07) is 11.6. The first-order valence-electron chi connectivity index (χ1n) is 16.0. The molecule has 0 aliphatic carbocycles. The Labute approximate surface area is 252 Å². The van der Waals surface area contributed by atoms with Gasteiger partial charge in [-0.3, -0.25) is 9.36 Å². The Morgan fingerprint density at radius 3 is 2.17 bits per heavy atom. The van der Waals surface area contributed by atoms with Crippen molar-refractivity contribution in [1.82, 2.24) is 24.3 Å². The minimum absolute atomic E-state index is 0.00372. The number of amides is 1. The third-order valence-corrected chi connectivity index (χ3v) is 8.20. The third-order valence-electron chi connectivity index (χ3n) is 8.20. The fraction of sp³-hybridized carbons (Fsp3) is 0.618. The molecule has 2 aromatic heterocycles. The maximum atomic E-state index is 13.7. The number of fused-ring (bicyclic) bond motifs is 1. The van der Waals surface area contributed by atoms with E-state index in [9.17, 15) is 9.90 Å². The second kappa shape index (κ2) is 14.5. The number of anilines is 2. The van der Waals surface area contributed by atoms with E-state index in [0.29, 0.717) is 23.5 Å². The van der Waals surface area contributed by atoms with Gasteiger partial charge in [0.15, 0.2) is 5.65 Å². The highest BCUT2D eigenvalue weighted by Gasteiger charge is 2.21. The van der Waals surface area contributed by atoms with E-state index in [1.165, 1.54) is 32.4 Å². The standard InChI is InChI=1S/C34H52N6O2/c1-25(2)17-23-39(24-18-26(3)4)32(41)30-16-15-29-31(36-30)40(22-10-21-38-19-8-7-9-20-38)33(37-29)35-28-13-11-27(12-14-28)34(5,6)42/h11-16,25-26,42H,7-10,17-24H2,1-6H3,(H,35,37). The van der Waals surface area contributed by atoms with Crippen LogP contribution in [-0.2, 0) is 12.1 Å². The van der Waals surface area contributed by atoms with Crippen LogP contribution in [0.4, 0.5) is 11.6 Å². The van der Waals surface area contributed by atoms with E-state index in [1.807, 2.05) is 41.3 Å². The summed E-state index contributed by atoms with van der Waals surface area (Å²) in [7, 11) is 0. The van der Waals surface area contributed by atoms with Gasteiger partial charge in [-0.1, -0.05) is 46.2 Å². The molecule has 3 heterocycles. The number of nitrogens with one attached hydrogen (secondary N) is 1. The maximum absolute atomic E-state index is 13.7. The van der Waals surface area contributed by atoms with Gasteiger partial charge in [-0.15, -0.1) is 0 Å². The summed E-state index contributed by atoms with van der Waals surface area (Å²) in [5.41, 5.74) is 2.84. The smallest absolute Gasteiger partial charge is 0.272 e. The Morgan fingerprint density at radius 2 is 1.57 bits per heavy atom. The Hall–Kier alpha value is -2.97. The number of pyridine rings is 1. The molecule has 42 heavy (non-hydrogen) atoms. The van der Waals surface area contributed by atoms with Gasteiger partial charge in [-0.25, -0.2) is 9.97 Å². The highest BCUT2D eigenvalue weighted by atomic mass is 16.3. The zero-order valence-corrected chi connectivity index (χ0v) is 26.7. The second-order valence-corrected chi connectivity index (χ2v) is 13.3. The molecule has 0 atom stereocenters. The minimum Gasteiger partial charge on any atom is -0.386 e. The van der Waals surface area contributed by atoms with E-state index in [-0.39, 0.29) is 5.91 Å². The lowest BCUT2D eigenvalue weighted by molar-refractivity contribution is 0.0734. The number of carbonyl (C=O) groups is 1. The lowest BCUT2D eigenvalue weighted by Crippen LogP contribution is -2.34. The molecule has 0 bridgehead atoms. The fourth-order valence-corrected chi connectivity index (χ4v) is 5.46. The van der Waals surface area contributed by atoms with Crippen molar-refractivity contribution in [3.05, 3.63) is 47.7 Å². The normalized spacial score (nSPS) is 14.7. The number of rotatable bonds is 14. The highest BCUT2D eigenvalue weighted by Crippen LogP contribution is 2.26. The number of likely N-dealkylation sites (tertiary alicyclic amines) is 1. The second-order valence-electron chi connectivity index (χ2n) is 13.3. The summed E-state index contributed by atoms with van der Waals surface area (Å²) in [6.07, 6.45) is 6.81. The number of piperidine rings is 1. The molecular formula is C34H52N6O2. The first-order valence-corrected chi connectivity index (χ1v) is 16.0. The van der Waals surface area contributed by atoms with Crippen molar-refractivity contribution in [1.29, 1.82) is 0 Å². The van der Waals surface area contributed by atoms with E-state index in [0.717, 1.165) is 67.9 Å². The lowest BCUT2D eigenvalue weighted by atomic mass is 9.98. The topological polar surface area (TPSA) is 86.5 Å². The van der Waals surface area contributed by atoms with Crippen LogP contribution in [0.3, 0.4) is 0 Å². The van der Waals surface area contributed by atoms with E-state index in [2.05, 4.69) is 42.5 Å². The van der Waals surface area contributed by atoms with Crippen LogP contribution in [-0.4, -0.2) is 68.1 Å². The maximum Gasteiger partial charge on any atom is 0.272 e. The highest BCUT2D eigenvalue weighted by molar-refractivity contribution is 5.94. The van der Waals surface area contributed by atoms with Gasteiger partial charge < -0.3 is 20.2 Å². The molecule has 0 saturated carbocycles. The number of aryl methyl sites for hydroxylation is 1. The fourth-order valence-electron chi connectivity index (χ4n) is 5.46. The molecule has 1 amide bonds. The summed E-state index contributed by atoms with van der Waals surface area (Å²) in [6.45, 7) is 18.0. The van der Waals surface area contributed by atoms with E-state index >= 15 is 0 Å². The number of aliphatic hydroxyl groups is 1. The molecule has 2 N–H and O–H groups in total. The van der Waals surface area contributed by atoms with Crippen molar-refractivity contribution < 1.29 is 9.90 Å². The first-order chi connectivity index (χ1) is 20.0. The van der Waals surface area contributed by atoms with Gasteiger partial charge in [0.25, 0.3) is 5.91 Å². The van der Waals surface area contributed by atoms with Crippen LogP contribution in [0.25, 0.3) is 11.2 Å². The van der Waals surface area contributed by atoms with Crippen molar-refractivity contribution in [3.63, 3.8) is 0 Å². The predicted octanol–water partition coefficient (Wildman–Crippen LogP) is 6.81. The zero-order valence-electron chi connectivity index (χ0n) is 26.7. The average molecular weight is 577 g/mol. The summed E-state index contributed by atoms with van der Waals surface area (Å²) in [5, 5.41) is 13.9. The number of aromatic nitrogens is 3. The number of imidazole rings is 1. The number of carbonyl (C=O) groups excluding carboxylic acids is 1. The number of benzene rings is 1. The monoisotopic (exact) mass is 576 g/mol. The van der Waals surface area contributed by atoms with Crippen molar-refractivity contribution in [2.75, 3.05) is 38.0 Å². The van der Waals surface area contributed by atoms with Gasteiger partial charge in [0, 0.05) is 25.3 Å². The van der Waals surface area contributed by atoms with Crippen molar-refractivity contribution in [3.8, 4) is 0 Å². The largest absolute Gasteiger partial charge is 0.386 e. The molecule has 0 radical (unpaired) electrons. The van der Waals surface area contributed by atoms with Crippen LogP contribution in [0.1, 0.15) is 96.1 Å². The minimum atomic E-state index is -0.898. The van der Waals surface area contributed by atoms with Gasteiger partial charge in [-0.2, -0.15) is 0 Å². The van der Waals surface area contributed by atoms with Gasteiger partial charge >= 0.3 is 0 Å². The Balaban J connectivity index is 1.62. The van der Waals surface area contributed by atoms with Gasteiger partial charge in [0.2, 0.25) is 5.95 Å². The molecule has 1 aromatic carbocycles. The van der Waals surface area contributed by atoms with E-state index in [1.54, 1.807) is 13.8 Å². The summed E-state index contributed by atoms with van der Waals surface area (Å²) in [4.78, 5) is 28.1. The molecule has 1 fully saturated rings. The SMILES string of the molecule is CC(C)CCN(CCC(C)C)C(=O)c1ccc2nc(Nc3ccc(C(C)(C)O)cc3)n(CCCN3CCCCC3)c2n1. The van der Waals surface area contributed by atoms with Crippen LogP contribution in [0.15, 0.2) is 36.4 Å². The first kappa shape index (κ1) is 32.0. The number of nitrogens with zero attached hydrogens (tertiary/aromatic N) is 5. The van der Waals surface area contributed by atoms with Crippen molar-refractivity contribution >= 4 is 28.7 Å². The molecule has 1 aliphatic rings. The average Bonchev–Trinajstić information content (AvgIpc) is 3.29. The molecule has 0 spiro atoms. The van der Waals surface area contributed by atoms with Crippen LogP contribution >= 0.6 is 0 Å². The molecule has 4 rings (SSSR count). The zero-order chi connectivity index (χ0) is 30.3. The van der Waals surface area contributed by atoms with Crippen LogP contribution < -0.4 is 5.32 Å². The summed E-state index contributed by atoms with van der Waals surface area (Å²) >= 11 is 0. The molecule has 0 unspecified atom stereocenters. The Morgan fingerprint density at radius 1 is 0.929 bits per heavy atom. The number of hydrogen-bond donors (Lipinski definition) is 2. The molecule has 8 nitrogen and oxygen atoms in total. The van der Waals surface area contributed by atoms with Crippen LogP contribution in [0.5, 0.6) is 0 Å². The number of hydrogen-bond acceptors (Lipinski definition) is 6. The summed E-state index contributed by atoms with van der Waals surface area (Å²) in [5.74, 6) is 1.77. The molecule has 230 valence electrons. The predicted molar refractivity (Wildman–Crippen MR) is 172 cm³/mol. The summed E-state index contributed by atoms with van der Waals surface area (Å²) < 4.78 is 2.13. The van der Waals surface area contributed by atoms with Crippen molar-refractivity contribution in [2.24, 2.45) is 11.8 Å². The Bertz CT molecular complexity index is 1270. The van der Waals surface area contributed by atoms with Crippen molar-refractivity contribution in [2.45, 2.75) is 92.2 Å².